The van der Waals surface area contributed by atoms with E-state index in [-0.39, 0.29) is 31.1 Å². The molecule has 61 heavy (non-hydrogen) atoms. The first-order valence-corrected chi connectivity index (χ1v) is 26.8. The lowest BCUT2D eigenvalue weighted by atomic mass is 10.0. The highest BCUT2D eigenvalue weighted by molar-refractivity contribution is 5.71. The Morgan fingerprint density at radius 3 is 0.934 bits per heavy atom. The van der Waals surface area contributed by atoms with Crippen molar-refractivity contribution in [2.75, 3.05) is 13.2 Å². The molecule has 6 nitrogen and oxygen atoms in total. The summed E-state index contributed by atoms with van der Waals surface area (Å²) in [7, 11) is 0. The average molecular weight is 859 g/mol. The van der Waals surface area contributed by atoms with E-state index in [1.165, 1.54) is 173 Å². The highest BCUT2D eigenvalue weighted by atomic mass is 16.6. The van der Waals surface area contributed by atoms with E-state index in [1.54, 1.807) is 0 Å². The Hall–Kier alpha value is -2.11. The van der Waals surface area contributed by atoms with Crippen molar-refractivity contribution in [3.63, 3.8) is 0 Å². The zero-order valence-corrected chi connectivity index (χ0v) is 40.9. The van der Waals surface area contributed by atoms with Crippen molar-refractivity contribution < 1.29 is 28.6 Å². The SMILES string of the molecule is CCCCC/C=C\C/C=C\CCCCCCCC(=O)O[C@H](COC(=O)CCCCCCCCCCCCCC)COC(=O)CCCCCCCCCCCCCCCCCC. The van der Waals surface area contributed by atoms with Gasteiger partial charge < -0.3 is 14.2 Å². The molecule has 0 N–H and O–H groups in total. The molecule has 0 saturated carbocycles. The highest BCUT2D eigenvalue weighted by Crippen LogP contribution is 2.16. The van der Waals surface area contributed by atoms with E-state index >= 15 is 0 Å². The number of unbranched alkanes of at least 4 members (excludes halogenated alkanes) is 34. The molecule has 0 aromatic carbocycles. The van der Waals surface area contributed by atoms with Gasteiger partial charge in [0, 0.05) is 19.3 Å². The molecule has 0 unspecified atom stereocenters. The minimum absolute atomic E-state index is 0.0719. The summed E-state index contributed by atoms with van der Waals surface area (Å²) in [6.07, 6.45) is 57.3. The Labute approximate surface area is 379 Å². The smallest absolute Gasteiger partial charge is 0.306 e. The van der Waals surface area contributed by atoms with Crippen LogP contribution in [-0.4, -0.2) is 37.2 Å². The van der Waals surface area contributed by atoms with Crippen LogP contribution in [0.15, 0.2) is 24.3 Å². The van der Waals surface area contributed by atoms with Gasteiger partial charge in [0.1, 0.15) is 13.2 Å². The zero-order valence-electron chi connectivity index (χ0n) is 40.9. The molecule has 1 atom stereocenters. The molecule has 0 bridgehead atoms. The van der Waals surface area contributed by atoms with E-state index in [9.17, 15) is 14.4 Å². The van der Waals surface area contributed by atoms with Gasteiger partial charge in [-0.05, 0) is 51.4 Å². The second-order valence-electron chi connectivity index (χ2n) is 18.2. The molecule has 0 aliphatic rings. The van der Waals surface area contributed by atoms with Crippen LogP contribution < -0.4 is 0 Å². The van der Waals surface area contributed by atoms with Gasteiger partial charge in [0.15, 0.2) is 6.10 Å². The van der Waals surface area contributed by atoms with Gasteiger partial charge in [-0.15, -0.1) is 0 Å². The van der Waals surface area contributed by atoms with Crippen molar-refractivity contribution in [2.24, 2.45) is 0 Å². The molecule has 0 aliphatic carbocycles. The molecule has 0 fully saturated rings. The number of rotatable bonds is 49. The van der Waals surface area contributed by atoms with Gasteiger partial charge in [-0.25, -0.2) is 0 Å². The highest BCUT2D eigenvalue weighted by Gasteiger charge is 2.19. The maximum absolute atomic E-state index is 12.8. The van der Waals surface area contributed by atoms with Crippen LogP contribution >= 0.6 is 0 Å². The summed E-state index contributed by atoms with van der Waals surface area (Å²) in [5, 5.41) is 0. The van der Waals surface area contributed by atoms with E-state index in [0.717, 1.165) is 77.0 Å². The van der Waals surface area contributed by atoms with Crippen molar-refractivity contribution in [3.8, 4) is 0 Å². The van der Waals surface area contributed by atoms with Crippen molar-refractivity contribution in [2.45, 2.75) is 297 Å². The molecule has 0 saturated heterocycles. The monoisotopic (exact) mass is 859 g/mol. The lowest BCUT2D eigenvalue weighted by Gasteiger charge is -2.18. The van der Waals surface area contributed by atoms with Crippen LogP contribution in [-0.2, 0) is 28.6 Å². The van der Waals surface area contributed by atoms with Gasteiger partial charge in [0.2, 0.25) is 0 Å². The summed E-state index contributed by atoms with van der Waals surface area (Å²) in [5.41, 5.74) is 0. The van der Waals surface area contributed by atoms with E-state index < -0.39 is 6.10 Å². The molecule has 0 spiro atoms. The summed E-state index contributed by atoms with van der Waals surface area (Å²) in [5.74, 6) is -0.870. The Balaban J connectivity index is 4.34. The molecule has 0 radical (unpaired) electrons. The first-order valence-electron chi connectivity index (χ1n) is 26.8. The van der Waals surface area contributed by atoms with Crippen LogP contribution in [0.3, 0.4) is 0 Å². The van der Waals surface area contributed by atoms with Gasteiger partial charge in [-0.3, -0.25) is 14.4 Å². The van der Waals surface area contributed by atoms with Crippen LogP contribution in [0.2, 0.25) is 0 Å². The topological polar surface area (TPSA) is 78.9 Å². The first kappa shape index (κ1) is 58.9. The van der Waals surface area contributed by atoms with E-state index in [0.29, 0.717) is 19.3 Å². The molecule has 0 aromatic rings. The van der Waals surface area contributed by atoms with Crippen LogP contribution in [0.1, 0.15) is 290 Å². The number of carbonyl (C=O) groups is 3. The van der Waals surface area contributed by atoms with Gasteiger partial charge in [-0.1, -0.05) is 244 Å². The fraction of sp³-hybridized carbons (Fsp3) is 0.873. The second-order valence-corrected chi connectivity index (χ2v) is 18.2. The van der Waals surface area contributed by atoms with Crippen molar-refractivity contribution >= 4 is 17.9 Å². The molecular formula is C55H102O6. The minimum atomic E-state index is -0.772. The third-order valence-corrected chi connectivity index (χ3v) is 12.0. The van der Waals surface area contributed by atoms with E-state index in [4.69, 9.17) is 14.2 Å². The number of esters is 3. The Morgan fingerprint density at radius 2 is 0.590 bits per heavy atom. The predicted octanol–water partition coefficient (Wildman–Crippen LogP) is 17.5. The Morgan fingerprint density at radius 1 is 0.328 bits per heavy atom. The molecule has 6 heteroatoms. The second kappa shape index (κ2) is 50.5. The molecule has 0 heterocycles. The average Bonchev–Trinajstić information content (AvgIpc) is 3.26. The molecule has 0 rings (SSSR count). The van der Waals surface area contributed by atoms with Gasteiger partial charge in [-0.2, -0.15) is 0 Å². The predicted molar refractivity (Wildman–Crippen MR) is 261 cm³/mol. The van der Waals surface area contributed by atoms with Gasteiger partial charge in [0.05, 0.1) is 0 Å². The number of ether oxygens (including phenoxy) is 3. The third kappa shape index (κ3) is 48.8. The fourth-order valence-electron chi connectivity index (χ4n) is 7.89. The number of allylic oxidation sites excluding steroid dienone is 4. The standard InChI is InChI=1S/C55H102O6/c1-4-7-10-13-16-19-22-25-27-29-30-33-36-39-42-45-48-54(57)60-51-52(50-59-53(56)47-44-41-38-35-32-24-21-18-15-12-9-6-3)61-55(58)49-46-43-40-37-34-31-28-26-23-20-17-14-11-8-5-2/h17,20,26,28,52H,4-16,18-19,21-25,27,29-51H2,1-3H3/b20-17-,28-26-/t52-/m1/s1. The number of carbonyl (C=O) groups excluding carboxylic acids is 3. The lowest BCUT2D eigenvalue weighted by molar-refractivity contribution is -0.167. The third-order valence-electron chi connectivity index (χ3n) is 12.0. The van der Waals surface area contributed by atoms with Crippen molar-refractivity contribution in [1.82, 2.24) is 0 Å². The first-order chi connectivity index (χ1) is 30.0. The number of hydrogen-bond acceptors (Lipinski definition) is 6. The number of hydrogen-bond donors (Lipinski definition) is 0. The van der Waals surface area contributed by atoms with Gasteiger partial charge >= 0.3 is 17.9 Å². The van der Waals surface area contributed by atoms with Crippen LogP contribution in [0.25, 0.3) is 0 Å². The maximum atomic E-state index is 12.8. The quantitative estimate of drug-likeness (QED) is 0.0262. The summed E-state index contributed by atoms with van der Waals surface area (Å²) in [6.45, 7) is 6.63. The summed E-state index contributed by atoms with van der Waals surface area (Å²) < 4.78 is 16.8. The molecule has 358 valence electrons. The van der Waals surface area contributed by atoms with Crippen molar-refractivity contribution in [3.05, 3.63) is 24.3 Å². The summed E-state index contributed by atoms with van der Waals surface area (Å²) >= 11 is 0. The Bertz CT molecular complexity index is 989. The molecular weight excluding hydrogens is 757 g/mol. The Kier molecular flexibility index (Phi) is 48.8. The van der Waals surface area contributed by atoms with Crippen molar-refractivity contribution in [1.29, 1.82) is 0 Å². The zero-order chi connectivity index (χ0) is 44.4. The van der Waals surface area contributed by atoms with Crippen LogP contribution in [0.4, 0.5) is 0 Å². The lowest BCUT2D eigenvalue weighted by Crippen LogP contribution is -2.30. The maximum Gasteiger partial charge on any atom is 0.306 e. The fourth-order valence-corrected chi connectivity index (χ4v) is 7.89. The summed E-state index contributed by atoms with van der Waals surface area (Å²) in [6, 6.07) is 0. The molecule has 0 amide bonds. The molecule has 0 aliphatic heterocycles. The van der Waals surface area contributed by atoms with E-state index in [1.807, 2.05) is 0 Å². The largest absolute Gasteiger partial charge is 0.462 e. The normalized spacial score (nSPS) is 12.1. The van der Waals surface area contributed by atoms with Gasteiger partial charge in [0.25, 0.3) is 0 Å². The van der Waals surface area contributed by atoms with Crippen LogP contribution in [0.5, 0.6) is 0 Å². The van der Waals surface area contributed by atoms with E-state index in [2.05, 4.69) is 45.1 Å². The van der Waals surface area contributed by atoms with Crippen LogP contribution in [0, 0.1) is 0 Å². The summed E-state index contributed by atoms with van der Waals surface area (Å²) in [4.78, 5) is 38.0. The minimum Gasteiger partial charge on any atom is -0.462 e. The molecule has 0 aromatic heterocycles.